The van der Waals surface area contributed by atoms with E-state index in [4.69, 9.17) is 0 Å². The van der Waals surface area contributed by atoms with E-state index in [9.17, 15) is 25.2 Å². The largest absolute Gasteiger partial charge is 0.394 e. The lowest BCUT2D eigenvalue weighted by atomic mass is 9.99. The van der Waals surface area contributed by atoms with Gasteiger partial charge in [0.1, 0.15) is 12.2 Å². The SMILES string of the molecule is CCCCCCCCCCCCCCCCCCCCCCCCCCCCCC(O)C(O)C(CO)NC(=O)C(O)CCCCCCCCCCCCCCCCCCC. The molecule has 0 aliphatic heterocycles. The number of carbonyl (C=O) groups is 1. The molecule has 0 aliphatic carbocycles. The Hall–Kier alpha value is -0.690. The van der Waals surface area contributed by atoms with Gasteiger partial charge in [-0.1, -0.05) is 296 Å². The van der Waals surface area contributed by atoms with Crippen LogP contribution in [0.4, 0.5) is 0 Å². The molecule has 0 rings (SSSR count). The predicted octanol–water partition coefficient (Wildman–Crippen LogP) is 15.5. The Labute approximate surface area is 375 Å². The zero-order valence-corrected chi connectivity index (χ0v) is 40.7. The van der Waals surface area contributed by atoms with E-state index in [1.54, 1.807) is 0 Å². The molecule has 6 heteroatoms. The molecule has 6 nitrogen and oxygen atoms in total. The van der Waals surface area contributed by atoms with Crippen LogP contribution in [-0.4, -0.2) is 57.3 Å². The Morgan fingerprint density at radius 2 is 0.567 bits per heavy atom. The van der Waals surface area contributed by atoms with Gasteiger partial charge in [0, 0.05) is 0 Å². The zero-order valence-electron chi connectivity index (χ0n) is 40.7. The van der Waals surface area contributed by atoms with Crippen LogP contribution in [-0.2, 0) is 4.79 Å². The fourth-order valence-corrected chi connectivity index (χ4v) is 9.00. The van der Waals surface area contributed by atoms with Crippen molar-refractivity contribution in [3.8, 4) is 0 Å². The Morgan fingerprint density at radius 3 is 0.800 bits per heavy atom. The Kier molecular flexibility index (Phi) is 48.8. The van der Waals surface area contributed by atoms with Crippen molar-refractivity contribution in [1.29, 1.82) is 0 Å². The average Bonchev–Trinajstić information content (AvgIpc) is 3.25. The van der Waals surface area contributed by atoms with Crippen molar-refractivity contribution < 1.29 is 25.2 Å². The third-order valence-electron chi connectivity index (χ3n) is 13.3. The highest BCUT2D eigenvalue weighted by Gasteiger charge is 2.28. The summed E-state index contributed by atoms with van der Waals surface area (Å²) in [5, 5.41) is 44.0. The number of aliphatic hydroxyl groups excluding tert-OH is 4. The summed E-state index contributed by atoms with van der Waals surface area (Å²) in [5.41, 5.74) is 0. The number of unbranched alkanes of at least 4 members (excludes halogenated alkanes) is 42. The molecule has 0 saturated carbocycles. The van der Waals surface area contributed by atoms with Crippen LogP contribution in [0.3, 0.4) is 0 Å². The van der Waals surface area contributed by atoms with Crippen LogP contribution in [0, 0.1) is 0 Å². The van der Waals surface area contributed by atoms with Gasteiger partial charge in [-0.2, -0.15) is 0 Å². The van der Waals surface area contributed by atoms with Gasteiger partial charge >= 0.3 is 0 Å². The van der Waals surface area contributed by atoms with E-state index in [1.165, 1.54) is 244 Å². The summed E-state index contributed by atoms with van der Waals surface area (Å²) >= 11 is 0. The minimum absolute atomic E-state index is 0.376. The van der Waals surface area contributed by atoms with Crippen molar-refractivity contribution in [2.24, 2.45) is 0 Å². The summed E-state index contributed by atoms with van der Waals surface area (Å²) in [6.45, 7) is 4.09. The maximum absolute atomic E-state index is 12.6. The Morgan fingerprint density at radius 1 is 0.350 bits per heavy atom. The van der Waals surface area contributed by atoms with Gasteiger partial charge in [0.25, 0.3) is 0 Å². The second kappa shape index (κ2) is 49.3. The molecule has 60 heavy (non-hydrogen) atoms. The van der Waals surface area contributed by atoms with Gasteiger partial charge in [-0.25, -0.2) is 0 Å². The van der Waals surface area contributed by atoms with Crippen molar-refractivity contribution >= 4 is 5.91 Å². The van der Waals surface area contributed by atoms with Crippen LogP contribution in [0.15, 0.2) is 0 Å². The number of hydrogen-bond acceptors (Lipinski definition) is 5. The lowest BCUT2D eigenvalue weighted by molar-refractivity contribution is -0.132. The number of carbonyl (C=O) groups excluding carboxylic acids is 1. The molecule has 0 aromatic rings. The van der Waals surface area contributed by atoms with Gasteiger partial charge in [-0.15, -0.1) is 0 Å². The van der Waals surface area contributed by atoms with Gasteiger partial charge < -0.3 is 25.7 Å². The normalized spacial score (nSPS) is 13.8. The van der Waals surface area contributed by atoms with Crippen molar-refractivity contribution in [2.45, 2.75) is 334 Å². The zero-order chi connectivity index (χ0) is 43.8. The predicted molar refractivity (Wildman–Crippen MR) is 261 cm³/mol. The number of nitrogens with one attached hydrogen (secondary N) is 1. The number of hydrogen-bond donors (Lipinski definition) is 5. The van der Waals surface area contributed by atoms with E-state index in [2.05, 4.69) is 19.2 Å². The second-order valence-corrected chi connectivity index (χ2v) is 19.3. The highest BCUT2D eigenvalue weighted by Crippen LogP contribution is 2.19. The average molecular weight is 852 g/mol. The molecule has 0 saturated heterocycles. The first-order chi connectivity index (χ1) is 29.5. The Bertz CT molecular complexity index is 826. The van der Waals surface area contributed by atoms with Crippen molar-refractivity contribution in [3.05, 3.63) is 0 Å². The minimum atomic E-state index is -1.25. The summed E-state index contributed by atoms with van der Waals surface area (Å²) in [6, 6.07) is -0.980. The maximum atomic E-state index is 12.6. The molecule has 4 atom stereocenters. The Balaban J connectivity index is 3.58. The number of amides is 1. The number of aliphatic hydroxyl groups is 4. The molecule has 360 valence electrons. The van der Waals surface area contributed by atoms with E-state index in [0.717, 1.165) is 38.5 Å². The molecule has 0 aromatic carbocycles. The molecule has 5 N–H and O–H groups in total. The summed E-state index contributed by atoms with van der Waals surface area (Å²) in [4.78, 5) is 12.6. The first kappa shape index (κ1) is 59.3. The van der Waals surface area contributed by atoms with Crippen molar-refractivity contribution in [2.75, 3.05) is 6.61 Å². The highest BCUT2D eigenvalue weighted by molar-refractivity contribution is 5.80. The van der Waals surface area contributed by atoms with Gasteiger partial charge in [-0.3, -0.25) is 4.79 Å². The molecule has 0 bridgehead atoms. The lowest BCUT2D eigenvalue weighted by Gasteiger charge is -2.27. The molecule has 0 fully saturated rings. The molecule has 0 heterocycles. The lowest BCUT2D eigenvalue weighted by Crippen LogP contribution is -2.53. The molecule has 0 aromatic heterocycles. The molecule has 4 unspecified atom stereocenters. The van der Waals surface area contributed by atoms with Crippen LogP contribution in [0.2, 0.25) is 0 Å². The summed E-state index contributed by atoms with van der Waals surface area (Å²) in [7, 11) is 0. The molecular formula is C54H109NO5. The van der Waals surface area contributed by atoms with E-state index < -0.39 is 36.9 Å². The third-order valence-corrected chi connectivity index (χ3v) is 13.3. The van der Waals surface area contributed by atoms with Crippen molar-refractivity contribution in [3.63, 3.8) is 0 Å². The minimum Gasteiger partial charge on any atom is -0.394 e. The second-order valence-electron chi connectivity index (χ2n) is 19.3. The van der Waals surface area contributed by atoms with E-state index in [-0.39, 0.29) is 0 Å². The van der Waals surface area contributed by atoms with Crippen LogP contribution < -0.4 is 5.32 Å². The monoisotopic (exact) mass is 852 g/mol. The fourth-order valence-electron chi connectivity index (χ4n) is 9.00. The van der Waals surface area contributed by atoms with Gasteiger partial charge in [-0.05, 0) is 12.8 Å². The van der Waals surface area contributed by atoms with Gasteiger partial charge in [0.15, 0.2) is 0 Å². The molecule has 0 aliphatic rings. The van der Waals surface area contributed by atoms with Crippen LogP contribution in [0.1, 0.15) is 309 Å². The smallest absolute Gasteiger partial charge is 0.249 e. The molecule has 0 radical (unpaired) electrons. The number of rotatable bonds is 51. The highest BCUT2D eigenvalue weighted by atomic mass is 16.3. The maximum Gasteiger partial charge on any atom is 0.249 e. The summed E-state index contributed by atoms with van der Waals surface area (Å²) in [6.07, 6.45) is 55.9. The standard InChI is InChI=1S/C54H109NO5/c1-3-5-7-9-11-13-15-17-19-21-22-23-24-25-26-27-28-29-30-32-33-35-37-39-41-43-45-47-51(57)53(59)50(49-56)55-54(60)52(58)48-46-44-42-40-38-36-34-31-20-18-16-14-12-10-8-6-4-2/h50-53,56-59H,3-49H2,1-2H3,(H,55,60). The van der Waals surface area contributed by atoms with E-state index in [0.29, 0.717) is 12.8 Å². The van der Waals surface area contributed by atoms with E-state index >= 15 is 0 Å². The fraction of sp³-hybridized carbons (Fsp3) is 0.981. The topological polar surface area (TPSA) is 110 Å². The van der Waals surface area contributed by atoms with E-state index in [1.807, 2.05) is 0 Å². The molecular weight excluding hydrogens is 743 g/mol. The van der Waals surface area contributed by atoms with Gasteiger partial charge in [0.2, 0.25) is 5.91 Å². The van der Waals surface area contributed by atoms with Crippen LogP contribution in [0.5, 0.6) is 0 Å². The molecule has 1 amide bonds. The van der Waals surface area contributed by atoms with Crippen LogP contribution >= 0.6 is 0 Å². The van der Waals surface area contributed by atoms with Gasteiger partial charge in [0.05, 0.1) is 18.8 Å². The third kappa shape index (κ3) is 42.6. The summed E-state index contributed by atoms with van der Waals surface area (Å²) < 4.78 is 0. The first-order valence-electron chi connectivity index (χ1n) is 27.4. The summed E-state index contributed by atoms with van der Waals surface area (Å²) in [5.74, 6) is -0.577. The molecule has 0 spiro atoms. The van der Waals surface area contributed by atoms with Crippen molar-refractivity contribution in [1.82, 2.24) is 5.32 Å². The quantitative estimate of drug-likeness (QED) is 0.0392. The van der Waals surface area contributed by atoms with Crippen LogP contribution in [0.25, 0.3) is 0 Å². The first-order valence-corrected chi connectivity index (χ1v) is 27.4.